The van der Waals surface area contributed by atoms with E-state index < -0.39 is 0 Å². The minimum absolute atomic E-state index is 0.121. The van der Waals surface area contributed by atoms with Crippen LogP contribution in [0.1, 0.15) is 12.8 Å². The van der Waals surface area contributed by atoms with E-state index in [4.69, 9.17) is 0 Å². The van der Waals surface area contributed by atoms with Crippen molar-refractivity contribution in [3.05, 3.63) is 36.0 Å². The highest BCUT2D eigenvalue weighted by Crippen LogP contribution is 2.10. The number of hydrogen-bond acceptors (Lipinski definition) is 2. The van der Waals surface area contributed by atoms with Crippen LogP contribution in [0, 0.1) is 0 Å². The molecule has 0 aromatic rings. The number of hydrogen-bond donors (Lipinski definition) is 1. The summed E-state index contributed by atoms with van der Waals surface area (Å²) < 4.78 is 0. The van der Waals surface area contributed by atoms with Crippen molar-refractivity contribution in [3.8, 4) is 0 Å². The number of nitrogens with one attached hydrogen (secondary N) is 1. The lowest BCUT2D eigenvalue weighted by atomic mass is 10.0. The second kappa shape index (κ2) is 5.17. The first kappa shape index (κ1) is 10.4. The first-order chi connectivity index (χ1) is 6.74. The lowest BCUT2D eigenvalue weighted by molar-refractivity contribution is -0.116. The Kier molecular flexibility index (Phi) is 3.85. The van der Waals surface area contributed by atoms with Crippen LogP contribution in [-0.2, 0) is 9.59 Å². The van der Waals surface area contributed by atoms with Crippen LogP contribution in [0.5, 0.6) is 0 Å². The molecule has 1 aliphatic rings. The molecular formula is C11H13NO2. The van der Waals surface area contributed by atoms with Crippen molar-refractivity contribution in [2.24, 2.45) is 0 Å². The van der Waals surface area contributed by atoms with Gasteiger partial charge in [-0.25, -0.2) is 0 Å². The number of rotatable bonds is 3. The molecule has 0 saturated carbocycles. The van der Waals surface area contributed by atoms with Crippen LogP contribution in [0.15, 0.2) is 36.0 Å². The van der Waals surface area contributed by atoms with Gasteiger partial charge in [-0.1, -0.05) is 18.2 Å². The summed E-state index contributed by atoms with van der Waals surface area (Å²) in [6, 6.07) is 0. The lowest BCUT2D eigenvalue weighted by Crippen LogP contribution is -2.14. The molecule has 0 spiro atoms. The number of ketones is 1. The summed E-state index contributed by atoms with van der Waals surface area (Å²) >= 11 is 0. The Morgan fingerprint density at radius 1 is 1.36 bits per heavy atom. The summed E-state index contributed by atoms with van der Waals surface area (Å²) in [5, 5.41) is 2.41. The number of carbonyl (C=O) groups excluding carboxylic acids is 2. The third-order valence-electron chi connectivity index (χ3n) is 1.91. The first-order valence-electron chi connectivity index (χ1n) is 4.55. The highest BCUT2D eigenvalue weighted by molar-refractivity contribution is 6.08. The quantitative estimate of drug-likeness (QED) is 0.680. The topological polar surface area (TPSA) is 46.2 Å². The SMILES string of the molecule is CNC(=O)/C=C/C(=O)C1=CCCC=C1. The van der Waals surface area contributed by atoms with Gasteiger partial charge in [-0.3, -0.25) is 9.59 Å². The molecule has 3 nitrogen and oxygen atoms in total. The highest BCUT2D eigenvalue weighted by Gasteiger charge is 2.04. The molecule has 0 bridgehead atoms. The van der Waals surface area contributed by atoms with Crippen LogP contribution in [-0.4, -0.2) is 18.7 Å². The molecular weight excluding hydrogens is 178 g/mol. The summed E-state index contributed by atoms with van der Waals surface area (Å²) in [4.78, 5) is 22.2. The Balaban J connectivity index is 2.58. The number of carbonyl (C=O) groups is 2. The number of amides is 1. The van der Waals surface area contributed by atoms with E-state index in [-0.39, 0.29) is 11.7 Å². The van der Waals surface area contributed by atoms with Crippen LogP contribution in [0.4, 0.5) is 0 Å². The minimum atomic E-state index is -0.265. The minimum Gasteiger partial charge on any atom is -0.356 e. The largest absolute Gasteiger partial charge is 0.356 e. The van der Waals surface area contributed by atoms with Gasteiger partial charge in [-0.05, 0) is 18.9 Å². The van der Waals surface area contributed by atoms with E-state index >= 15 is 0 Å². The predicted octanol–water partition coefficient (Wildman–Crippen LogP) is 1.13. The average Bonchev–Trinajstić information content (AvgIpc) is 2.26. The number of allylic oxidation sites excluding steroid dienone is 5. The van der Waals surface area contributed by atoms with Crippen LogP contribution >= 0.6 is 0 Å². The van der Waals surface area contributed by atoms with E-state index in [2.05, 4.69) is 5.32 Å². The van der Waals surface area contributed by atoms with Gasteiger partial charge >= 0.3 is 0 Å². The molecule has 0 radical (unpaired) electrons. The molecule has 1 rings (SSSR count). The third kappa shape index (κ3) is 3.01. The van der Waals surface area contributed by atoms with Gasteiger partial charge in [0.1, 0.15) is 0 Å². The molecule has 0 aliphatic heterocycles. The predicted molar refractivity (Wildman–Crippen MR) is 54.7 cm³/mol. The average molecular weight is 191 g/mol. The van der Waals surface area contributed by atoms with Crippen molar-refractivity contribution >= 4 is 11.7 Å². The molecule has 0 saturated heterocycles. The molecule has 74 valence electrons. The summed E-state index contributed by atoms with van der Waals surface area (Å²) in [6.07, 6.45) is 10.0. The van der Waals surface area contributed by atoms with Gasteiger partial charge in [0.2, 0.25) is 5.91 Å². The molecule has 1 N–H and O–H groups in total. The smallest absolute Gasteiger partial charge is 0.243 e. The van der Waals surface area contributed by atoms with Crippen molar-refractivity contribution in [3.63, 3.8) is 0 Å². The molecule has 0 aromatic carbocycles. The Bertz CT molecular complexity index is 324. The zero-order valence-electron chi connectivity index (χ0n) is 8.12. The maximum atomic E-state index is 11.4. The molecule has 14 heavy (non-hydrogen) atoms. The van der Waals surface area contributed by atoms with Gasteiger partial charge in [0.05, 0.1) is 0 Å². The maximum absolute atomic E-state index is 11.4. The van der Waals surface area contributed by atoms with Crippen LogP contribution in [0.3, 0.4) is 0 Å². The number of likely N-dealkylation sites (N-methyl/N-ethyl adjacent to an activating group) is 1. The van der Waals surface area contributed by atoms with Gasteiger partial charge in [-0.15, -0.1) is 0 Å². The standard InChI is InChI=1S/C11H13NO2/c1-12-11(14)8-7-10(13)9-5-3-2-4-6-9/h3,5-8H,2,4H2,1H3,(H,12,14)/b8-7+. The molecule has 0 heterocycles. The van der Waals surface area contributed by atoms with Crippen molar-refractivity contribution in [2.75, 3.05) is 7.05 Å². The Morgan fingerprint density at radius 3 is 2.71 bits per heavy atom. The fraction of sp³-hybridized carbons (Fsp3) is 0.273. The third-order valence-corrected chi connectivity index (χ3v) is 1.91. The zero-order valence-corrected chi connectivity index (χ0v) is 8.12. The van der Waals surface area contributed by atoms with Crippen molar-refractivity contribution in [2.45, 2.75) is 12.8 Å². The lowest BCUT2D eigenvalue weighted by Gasteiger charge is -2.01. The molecule has 1 aliphatic carbocycles. The van der Waals surface area contributed by atoms with E-state index in [1.807, 2.05) is 12.2 Å². The van der Waals surface area contributed by atoms with Crippen molar-refractivity contribution in [1.29, 1.82) is 0 Å². The molecule has 0 unspecified atom stereocenters. The van der Waals surface area contributed by atoms with Gasteiger partial charge in [-0.2, -0.15) is 0 Å². The van der Waals surface area contributed by atoms with Gasteiger partial charge < -0.3 is 5.32 Å². The molecule has 0 fully saturated rings. The summed E-state index contributed by atoms with van der Waals surface area (Å²) in [7, 11) is 1.52. The second-order valence-corrected chi connectivity index (χ2v) is 2.95. The van der Waals surface area contributed by atoms with Gasteiger partial charge in [0, 0.05) is 18.7 Å². The molecule has 0 atom stereocenters. The summed E-state index contributed by atoms with van der Waals surface area (Å²) in [6.45, 7) is 0. The summed E-state index contributed by atoms with van der Waals surface area (Å²) in [5.41, 5.74) is 0.663. The zero-order chi connectivity index (χ0) is 10.4. The van der Waals surface area contributed by atoms with E-state index in [9.17, 15) is 9.59 Å². The highest BCUT2D eigenvalue weighted by atomic mass is 16.1. The fourth-order valence-electron chi connectivity index (χ4n) is 1.13. The van der Waals surface area contributed by atoms with E-state index in [0.717, 1.165) is 12.8 Å². The normalized spacial score (nSPS) is 15.4. The van der Waals surface area contributed by atoms with Crippen LogP contribution in [0.25, 0.3) is 0 Å². The first-order valence-corrected chi connectivity index (χ1v) is 4.55. The Hall–Kier alpha value is -1.64. The maximum Gasteiger partial charge on any atom is 0.243 e. The van der Waals surface area contributed by atoms with E-state index in [1.165, 1.54) is 19.2 Å². The van der Waals surface area contributed by atoms with E-state index in [1.54, 1.807) is 6.08 Å². The fourth-order valence-corrected chi connectivity index (χ4v) is 1.13. The van der Waals surface area contributed by atoms with Gasteiger partial charge in [0.25, 0.3) is 0 Å². The second-order valence-electron chi connectivity index (χ2n) is 2.95. The van der Waals surface area contributed by atoms with E-state index in [0.29, 0.717) is 5.57 Å². The van der Waals surface area contributed by atoms with Crippen LogP contribution in [0.2, 0.25) is 0 Å². The van der Waals surface area contributed by atoms with Crippen molar-refractivity contribution < 1.29 is 9.59 Å². The summed E-state index contributed by atoms with van der Waals surface area (Å²) in [5.74, 6) is -0.386. The van der Waals surface area contributed by atoms with Gasteiger partial charge in [0.15, 0.2) is 5.78 Å². The Labute approximate surface area is 83.2 Å². The monoisotopic (exact) mass is 191 g/mol. The molecule has 1 amide bonds. The molecule has 3 heteroatoms. The Morgan fingerprint density at radius 2 is 2.14 bits per heavy atom. The molecule has 0 aromatic heterocycles. The van der Waals surface area contributed by atoms with Crippen LogP contribution < -0.4 is 5.32 Å². The van der Waals surface area contributed by atoms with Crippen molar-refractivity contribution in [1.82, 2.24) is 5.32 Å².